The van der Waals surface area contributed by atoms with Gasteiger partial charge in [0.05, 0.1) is 31.5 Å². The molecule has 1 aliphatic heterocycles. The molecule has 2 N–H and O–H groups in total. The quantitative estimate of drug-likeness (QED) is 0.784. The molecule has 1 atom stereocenters. The van der Waals surface area contributed by atoms with Gasteiger partial charge in [-0.15, -0.1) is 0 Å². The molecule has 118 valence electrons. The minimum atomic E-state index is -3.76. The lowest BCUT2D eigenvalue weighted by Gasteiger charge is -2.33. The summed E-state index contributed by atoms with van der Waals surface area (Å²) in [6, 6.07) is 2.83. The average molecular weight is 315 g/mol. The molecule has 0 bridgehead atoms. The van der Waals surface area contributed by atoms with Crippen LogP contribution in [0.2, 0.25) is 0 Å². The van der Waals surface area contributed by atoms with E-state index in [0.29, 0.717) is 18.8 Å². The van der Waals surface area contributed by atoms with Gasteiger partial charge in [0.25, 0.3) is 10.0 Å². The molecule has 0 aromatic carbocycles. The van der Waals surface area contributed by atoms with Gasteiger partial charge in [-0.3, -0.25) is 0 Å². The molecule has 1 aromatic rings. The fourth-order valence-corrected chi connectivity index (χ4v) is 3.87. The van der Waals surface area contributed by atoms with Gasteiger partial charge in [-0.1, -0.05) is 6.92 Å². The maximum Gasteiger partial charge on any atom is 0.263 e. The van der Waals surface area contributed by atoms with E-state index in [4.69, 9.17) is 4.74 Å². The highest BCUT2D eigenvalue weighted by Crippen LogP contribution is 2.24. The van der Waals surface area contributed by atoms with Gasteiger partial charge in [-0.2, -0.15) is 4.31 Å². The molecule has 8 heteroatoms. The van der Waals surface area contributed by atoms with Crippen molar-refractivity contribution in [2.24, 2.45) is 0 Å². The maximum absolute atomic E-state index is 12.8. The number of sulfonamides is 1. The fourth-order valence-electron chi connectivity index (χ4n) is 2.20. The molecule has 1 aliphatic rings. The Kier molecular flexibility index (Phi) is 5.51. The summed E-state index contributed by atoms with van der Waals surface area (Å²) in [6.45, 7) is 3.13. The van der Waals surface area contributed by atoms with Crippen molar-refractivity contribution in [3.8, 4) is 0 Å². The molecule has 0 radical (unpaired) electrons. The Bertz CT molecular complexity index is 564. The Labute approximate surface area is 125 Å². The number of morpholine rings is 1. The topological polar surface area (TPSA) is 91.8 Å². The SMILES string of the molecule is CCCNc1cccnc1S(=O)(=O)N1CCOCC1CO. The number of nitrogens with one attached hydrogen (secondary N) is 1. The van der Waals surface area contributed by atoms with E-state index in [1.165, 1.54) is 10.5 Å². The van der Waals surface area contributed by atoms with Crippen molar-refractivity contribution in [3.63, 3.8) is 0 Å². The predicted octanol–water partition coefficient (Wildman–Crippen LogP) is 0.285. The zero-order valence-electron chi connectivity index (χ0n) is 12.0. The van der Waals surface area contributed by atoms with E-state index in [0.717, 1.165) is 6.42 Å². The second-order valence-electron chi connectivity index (χ2n) is 4.81. The third-order valence-electron chi connectivity index (χ3n) is 3.27. The van der Waals surface area contributed by atoms with Crippen LogP contribution in [0.3, 0.4) is 0 Å². The second-order valence-corrected chi connectivity index (χ2v) is 6.62. The molecule has 21 heavy (non-hydrogen) atoms. The number of aliphatic hydroxyl groups is 1. The third kappa shape index (κ3) is 3.52. The van der Waals surface area contributed by atoms with Crippen LogP contribution in [0.5, 0.6) is 0 Å². The van der Waals surface area contributed by atoms with E-state index in [9.17, 15) is 13.5 Å². The summed E-state index contributed by atoms with van der Waals surface area (Å²) >= 11 is 0. The van der Waals surface area contributed by atoms with Gasteiger partial charge in [-0.25, -0.2) is 13.4 Å². The Morgan fingerprint density at radius 3 is 3.10 bits per heavy atom. The lowest BCUT2D eigenvalue weighted by atomic mass is 10.3. The van der Waals surface area contributed by atoms with Crippen molar-refractivity contribution in [3.05, 3.63) is 18.3 Å². The molecule has 2 rings (SSSR count). The maximum atomic E-state index is 12.8. The van der Waals surface area contributed by atoms with Crippen molar-refractivity contribution < 1.29 is 18.3 Å². The first-order valence-corrected chi connectivity index (χ1v) is 8.44. The zero-order valence-corrected chi connectivity index (χ0v) is 12.8. The lowest BCUT2D eigenvalue weighted by molar-refractivity contribution is 0.0108. The zero-order chi connectivity index (χ0) is 15.3. The summed E-state index contributed by atoms with van der Waals surface area (Å²) in [7, 11) is -3.76. The second kappa shape index (κ2) is 7.17. The van der Waals surface area contributed by atoms with Gasteiger partial charge < -0.3 is 15.2 Å². The molecule has 1 unspecified atom stereocenters. The molecule has 0 aliphatic carbocycles. The van der Waals surface area contributed by atoms with Crippen LogP contribution in [0.4, 0.5) is 5.69 Å². The number of ether oxygens (including phenoxy) is 1. The first kappa shape index (κ1) is 16.2. The number of hydrogen-bond acceptors (Lipinski definition) is 6. The van der Waals surface area contributed by atoms with Gasteiger partial charge in [-0.05, 0) is 18.6 Å². The summed E-state index contributed by atoms with van der Waals surface area (Å²) in [5, 5.41) is 12.4. The number of hydrogen-bond donors (Lipinski definition) is 2. The fraction of sp³-hybridized carbons (Fsp3) is 0.615. The summed E-state index contributed by atoms with van der Waals surface area (Å²) in [6.07, 6.45) is 2.34. The Morgan fingerprint density at radius 2 is 2.38 bits per heavy atom. The number of rotatable bonds is 6. The first-order valence-electron chi connectivity index (χ1n) is 7.00. The van der Waals surface area contributed by atoms with E-state index in [-0.39, 0.29) is 24.8 Å². The van der Waals surface area contributed by atoms with Gasteiger partial charge >= 0.3 is 0 Å². The number of anilines is 1. The summed E-state index contributed by atoms with van der Waals surface area (Å²) in [5.74, 6) is 0. The Hall–Kier alpha value is -1.22. The number of aromatic nitrogens is 1. The van der Waals surface area contributed by atoms with Gasteiger partial charge in [0, 0.05) is 19.3 Å². The molecule has 0 amide bonds. The van der Waals surface area contributed by atoms with Crippen LogP contribution in [0.1, 0.15) is 13.3 Å². The van der Waals surface area contributed by atoms with Crippen molar-refractivity contribution in [1.29, 1.82) is 0 Å². The number of pyridine rings is 1. The Morgan fingerprint density at radius 1 is 1.57 bits per heavy atom. The highest BCUT2D eigenvalue weighted by atomic mass is 32.2. The largest absolute Gasteiger partial charge is 0.395 e. The highest BCUT2D eigenvalue weighted by Gasteiger charge is 2.35. The number of aliphatic hydroxyl groups excluding tert-OH is 1. The minimum Gasteiger partial charge on any atom is -0.395 e. The van der Waals surface area contributed by atoms with E-state index in [1.54, 1.807) is 12.1 Å². The van der Waals surface area contributed by atoms with Crippen LogP contribution >= 0.6 is 0 Å². The average Bonchev–Trinajstić information content (AvgIpc) is 2.53. The lowest BCUT2D eigenvalue weighted by Crippen LogP contribution is -2.50. The van der Waals surface area contributed by atoms with Crippen LogP contribution in [-0.4, -0.2) is 61.8 Å². The summed E-state index contributed by atoms with van der Waals surface area (Å²) in [5.41, 5.74) is 0.488. The molecule has 1 aromatic heterocycles. The smallest absolute Gasteiger partial charge is 0.263 e. The molecule has 7 nitrogen and oxygen atoms in total. The van der Waals surface area contributed by atoms with Crippen LogP contribution in [-0.2, 0) is 14.8 Å². The van der Waals surface area contributed by atoms with Crippen LogP contribution in [0, 0.1) is 0 Å². The normalized spacial score (nSPS) is 20.4. The van der Waals surface area contributed by atoms with E-state index in [2.05, 4.69) is 10.3 Å². The summed E-state index contributed by atoms with van der Waals surface area (Å²) < 4.78 is 32.1. The van der Waals surface area contributed by atoms with Crippen molar-refractivity contribution in [2.75, 3.05) is 38.2 Å². The predicted molar refractivity (Wildman–Crippen MR) is 78.6 cm³/mol. The molecule has 1 saturated heterocycles. The molecular weight excluding hydrogens is 294 g/mol. The third-order valence-corrected chi connectivity index (χ3v) is 5.19. The van der Waals surface area contributed by atoms with Crippen molar-refractivity contribution >= 4 is 15.7 Å². The first-order chi connectivity index (χ1) is 10.1. The van der Waals surface area contributed by atoms with Crippen LogP contribution < -0.4 is 5.32 Å². The van der Waals surface area contributed by atoms with Crippen molar-refractivity contribution in [1.82, 2.24) is 9.29 Å². The van der Waals surface area contributed by atoms with E-state index >= 15 is 0 Å². The molecule has 2 heterocycles. The van der Waals surface area contributed by atoms with Crippen molar-refractivity contribution in [2.45, 2.75) is 24.4 Å². The van der Waals surface area contributed by atoms with Gasteiger partial charge in [0.2, 0.25) is 0 Å². The Balaban J connectivity index is 2.34. The van der Waals surface area contributed by atoms with E-state index in [1.807, 2.05) is 6.92 Å². The highest BCUT2D eigenvalue weighted by molar-refractivity contribution is 7.89. The molecular formula is C13H21N3O4S. The molecule has 1 fully saturated rings. The standard InChI is InChI=1S/C13H21N3O4S/c1-2-5-14-12-4-3-6-15-13(12)21(18,19)16-7-8-20-10-11(16)9-17/h3-4,6,11,14,17H,2,5,7-10H2,1H3. The van der Waals surface area contributed by atoms with Crippen LogP contribution in [0.15, 0.2) is 23.4 Å². The molecule has 0 saturated carbocycles. The monoisotopic (exact) mass is 315 g/mol. The van der Waals surface area contributed by atoms with Gasteiger partial charge in [0.15, 0.2) is 5.03 Å². The van der Waals surface area contributed by atoms with Gasteiger partial charge in [0.1, 0.15) is 0 Å². The van der Waals surface area contributed by atoms with E-state index < -0.39 is 16.1 Å². The summed E-state index contributed by atoms with van der Waals surface area (Å²) in [4.78, 5) is 4.03. The van der Waals surface area contributed by atoms with Crippen LogP contribution in [0.25, 0.3) is 0 Å². The minimum absolute atomic E-state index is 0.00111. The molecule has 0 spiro atoms. The number of nitrogens with zero attached hydrogens (tertiary/aromatic N) is 2.